The summed E-state index contributed by atoms with van der Waals surface area (Å²) in [6.07, 6.45) is 1.13. The van der Waals surface area contributed by atoms with Gasteiger partial charge in [0.2, 0.25) is 0 Å². The normalized spacial score (nSPS) is 12.9. The largest absolute Gasteiger partial charge is 0.310 e. The fourth-order valence-electron chi connectivity index (χ4n) is 1.26. The van der Waals surface area contributed by atoms with Crippen LogP contribution in [0, 0.1) is 0 Å². The highest BCUT2D eigenvalue weighted by molar-refractivity contribution is 6.42. The van der Waals surface area contributed by atoms with Crippen molar-refractivity contribution in [2.45, 2.75) is 26.3 Å². The van der Waals surface area contributed by atoms with E-state index in [9.17, 15) is 0 Å². The van der Waals surface area contributed by atoms with E-state index in [4.69, 9.17) is 23.2 Å². The second kappa shape index (κ2) is 5.59. The summed E-state index contributed by atoms with van der Waals surface area (Å²) < 4.78 is 0. The Morgan fingerprint density at radius 2 is 2.00 bits per heavy atom. The number of benzene rings is 1. The van der Waals surface area contributed by atoms with Crippen LogP contribution in [-0.2, 0) is 0 Å². The van der Waals surface area contributed by atoms with Gasteiger partial charge in [-0.15, -0.1) is 0 Å². The van der Waals surface area contributed by atoms with Crippen LogP contribution in [0.5, 0.6) is 0 Å². The van der Waals surface area contributed by atoms with Gasteiger partial charge in [0.15, 0.2) is 0 Å². The third-order valence-corrected chi connectivity index (χ3v) is 2.88. The molecule has 0 fully saturated rings. The minimum Gasteiger partial charge on any atom is -0.310 e. The molecule has 0 aliphatic rings. The van der Waals surface area contributed by atoms with Crippen molar-refractivity contribution >= 4 is 23.2 Å². The van der Waals surface area contributed by atoms with E-state index < -0.39 is 0 Å². The van der Waals surface area contributed by atoms with Gasteiger partial charge in [0.1, 0.15) is 0 Å². The van der Waals surface area contributed by atoms with Crippen LogP contribution in [0.3, 0.4) is 0 Å². The zero-order valence-electron chi connectivity index (χ0n) is 8.48. The Morgan fingerprint density at radius 3 is 2.57 bits per heavy atom. The molecule has 0 amide bonds. The molecule has 1 rings (SSSR count). The summed E-state index contributed by atoms with van der Waals surface area (Å²) in [5.74, 6) is 0. The van der Waals surface area contributed by atoms with Crippen molar-refractivity contribution in [3.8, 4) is 0 Å². The summed E-state index contributed by atoms with van der Waals surface area (Å²) in [4.78, 5) is 0. The molecule has 0 saturated carbocycles. The van der Waals surface area contributed by atoms with Gasteiger partial charge in [-0.2, -0.15) is 0 Å². The molecule has 1 aromatic rings. The number of hydrogen-bond acceptors (Lipinski definition) is 1. The summed E-state index contributed by atoms with van der Waals surface area (Å²) in [5, 5.41) is 4.62. The minimum atomic E-state index is 0.324. The lowest BCUT2D eigenvalue weighted by molar-refractivity contribution is 0.571. The smallest absolute Gasteiger partial charge is 0.0595 e. The molecular formula is C11H15Cl2N. The first-order valence-corrected chi connectivity index (χ1v) is 5.59. The molecule has 1 N–H and O–H groups in total. The summed E-state index contributed by atoms with van der Waals surface area (Å²) in [7, 11) is 0. The fraction of sp³-hybridized carbons (Fsp3) is 0.455. The molecule has 1 unspecified atom stereocenters. The highest BCUT2D eigenvalue weighted by atomic mass is 35.5. The average molecular weight is 232 g/mol. The van der Waals surface area contributed by atoms with E-state index in [0.717, 1.165) is 13.0 Å². The first-order valence-electron chi connectivity index (χ1n) is 4.83. The van der Waals surface area contributed by atoms with Crippen molar-refractivity contribution in [3.05, 3.63) is 33.8 Å². The summed E-state index contributed by atoms with van der Waals surface area (Å²) >= 11 is 11.8. The van der Waals surface area contributed by atoms with Gasteiger partial charge in [0.05, 0.1) is 10.0 Å². The van der Waals surface area contributed by atoms with Gasteiger partial charge in [-0.3, -0.25) is 0 Å². The summed E-state index contributed by atoms with van der Waals surface area (Å²) in [5.41, 5.74) is 1.17. The molecule has 0 radical (unpaired) electrons. The lowest BCUT2D eigenvalue weighted by atomic mass is 10.1. The van der Waals surface area contributed by atoms with Crippen molar-refractivity contribution in [2.24, 2.45) is 0 Å². The van der Waals surface area contributed by atoms with Gasteiger partial charge in [-0.1, -0.05) is 36.2 Å². The van der Waals surface area contributed by atoms with Crippen LogP contribution in [0.15, 0.2) is 18.2 Å². The standard InChI is InChI=1S/C11H15Cl2N/c1-3-6-14-8(2)9-4-5-10(12)11(13)7-9/h4-5,7-8,14H,3,6H2,1-2H3. The summed E-state index contributed by atoms with van der Waals surface area (Å²) in [6, 6.07) is 6.08. The van der Waals surface area contributed by atoms with Crippen molar-refractivity contribution in [1.82, 2.24) is 5.32 Å². The Bertz CT molecular complexity index is 299. The first-order chi connectivity index (χ1) is 6.65. The van der Waals surface area contributed by atoms with E-state index in [1.54, 1.807) is 0 Å². The van der Waals surface area contributed by atoms with E-state index in [1.807, 2.05) is 18.2 Å². The lowest BCUT2D eigenvalue weighted by Gasteiger charge is -2.14. The van der Waals surface area contributed by atoms with Gasteiger partial charge >= 0.3 is 0 Å². The van der Waals surface area contributed by atoms with E-state index in [-0.39, 0.29) is 0 Å². The van der Waals surface area contributed by atoms with E-state index in [2.05, 4.69) is 19.2 Å². The Labute approximate surface area is 95.4 Å². The molecule has 0 heterocycles. The molecule has 1 atom stereocenters. The summed E-state index contributed by atoms with van der Waals surface area (Å²) in [6.45, 7) is 5.28. The number of rotatable bonds is 4. The van der Waals surface area contributed by atoms with Crippen molar-refractivity contribution in [1.29, 1.82) is 0 Å². The highest BCUT2D eigenvalue weighted by Gasteiger charge is 2.05. The highest BCUT2D eigenvalue weighted by Crippen LogP contribution is 2.25. The molecular weight excluding hydrogens is 217 g/mol. The predicted octanol–water partition coefficient (Wildman–Crippen LogP) is 4.05. The maximum absolute atomic E-state index is 5.93. The van der Waals surface area contributed by atoms with Gasteiger partial charge in [-0.25, -0.2) is 0 Å². The van der Waals surface area contributed by atoms with Crippen LogP contribution in [0.4, 0.5) is 0 Å². The number of halogens is 2. The Balaban J connectivity index is 2.70. The molecule has 14 heavy (non-hydrogen) atoms. The molecule has 0 spiro atoms. The molecule has 0 aliphatic heterocycles. The predicted molar refractivity (Wildman–Crippen MR) is 63.2 cm³/mol. The van der Waals surface area contributed by atoms with E-state index >= 15 is 0 Å². The van der Waals surface area contributed by atoms with Crippen molar-refractivity contribution < 1.29 is 0 Å². The zero-order chi connectivity index (χ0) is 10.6. The molecule has 1 nitrogen and oxygen atoms in total. The Hall–Kier alpha value is -0.240. The minimum absolute atomic E-state index is 0.324. The third kappa shape index (κ3) is 3.16. The van der Waals surface area contributed by atoms with Crippen LogP contribution in [-0.4, -0.2) is 6.54 Å². The quantitative estimate of drug-likeness (QED) is 0.825. The molecule has 0 saturated heterocycles. The fourth-order valence-corrected chi connectivity index (χ4v) is 1.57. The zero-order valence-corrected chi connectivity index (χ0v) is 9.99. The molecule has 3 heteroatoms. The lowest BCUT2D eigenvalue weighted by Crippen LogP contribution is -2.19. The van der Waals surface area contributed by atoms with Crippen LogP contribution in [0.2, 0.25) is 10.0 Å². The van der Waals surface area contributed by atoms with Gasteiger partial charge in [-0.05, 0) is 37.6 Å². The van der Waals surface area contributed by atoms with Crippen LogP contribution >= 0.6 is 23.2 Å². The SMILES string of the molecule is CCCNC(C)c1ccc(Cl)c(Cl)c1. The monoisotopic (exact) mass is 231 g/mol. The van der Waals surface area contributed by atoms with Gasteiger partial charge < -0.3 is 5.32 Å². The van der Waals surface area contributed by atoms with Crippen molar-refractivity contribution in [3.63, 3.8) is 0 Å². The number of hydrogen-bond donors (Lipinski definition) is 1. The molecule has 1 aromatic carbocycles. The molecule has 78 valence electrons. The maximum atomic E-state index is 5.93. The van der Waals surface area contributed by atoms with Crippen molar-refractivity contribution in [2.75, 3.05) is 6.54 Å². The average Bonchev–Trinajstić information content (AvgIpc) is 2.18. The second-order valence-corrected chi connectivity index (χ2v) is 4.16. The van der Waals surface area contributed by atoms with E-state index in [0.29, 0.717) is 16.1 Å². The molecule has 0 aromatic heterocycles. The first kappa shape index (κ1) is 11.8. The van der Waals surface area contributed by atoms with Gasteiger partial charge in [0.25, 0.3) is 0 Å². The van der Waals surface area contributed by atoms with Crippen LogP contribution in [0.1, 0.15) is 31.9 Å². The Kier molecular flexibility index (Phi) is 4.73. The number of nitrogens with one attached hydrogen (secondary N) is 1. The van der Waals surface area contributed by atoms with Crippen LogP contribution < -0.4 is 5.32 Å². The van der Waals surface area contributed by atoms with Crippen LogP contribution in [0.25, 0.3) is 0 Å². The third-order valence-electron chi connectivity index (χ3n) is 2.14. The Morgan fingerprint density at radius 1 is 1.29 bits per heavy atom. The van der Waals surface area contributed by atoms with Gasteiger partial charge in [0, 0.05) is 6.04 Å². The second-order valence-electron chi connectivity index (χ2n) is 3.35. The topological polar surface area (TPSA) is 12.0 Å². The maximum Gasteiger partial charge on any atom is 0.0595 e. The van der Waals surface area contributed by atoms with E-state index in [1.165, 1.54) is 5.56 Å². The molecule has 0 aliphatic carbocycles. The molecule has 0 bridgehead atoms.